The van der Waals surface area contributed by atoms with E-state index >= 15 is 0 Å². The maximum Gasteiger partial charge on any atom is 0.306 e. The third kappa shape index (κ3) is 11.8. The minimum atomic E-state index is -0.928. The summed E-state index contributed by atoms with van der Waals surface area (Å²) in [6.45, 7) is 11.4. The Morgan fingerprint density at radius 3 is 2.17 bits per heavy atom. The minimum Gasteiger partial charge on any atom is -0.481 e. The molecule has 0 fully saturated rings. The number of carboxylic acids is 1. The van der Waals surface area contributed by atoms with E-state index < -0.39 is 35.2 Å². The van der Waals surface area contributed by atoms with Crippen molar-refractivity contribution in [3.05, 3.63) is 35.9 Å². The van der Waals surface area contributed by atoms with Gasteiger partial charge in [0.15, 0.2) is 0 Å². The number of carboxylic acid groups (broad SMARTS) is 1. The van der Waals surface area contributed by atoms with Gasteiger partial charge in [0, 0.05) is 18.9 Å². The molecule has 1 rings (SSSR count). The molecule has 0 aromatic heterocycles. The molecular weight excluding hydrogens is 450 g/mol. The van der Waals surface area contributed by atoms with Gasteiger partial charge in [-0.1, -0.05) is 71.9 Å². The summed E-state index contributed by atoms with van der Waals surface area (Å²) in [5.41, 5.74) is 2.71. The number of hydrogen-bond donors (Lipinski definition) is 4. The molecular formula is C26H41N3O6. The first-order valence-electron chi connectivity index (χ1n) is 12.1. The van der Waals surface area contributed by atoms with Crippen molar-refractivity contribution in [3.8, 4) is 0 Å². The number of nitrogens with one attached hydrogen (secondary N) is 3. The minimum absolute atomic E-state index is 0.0760. The molecule has 0 aliphatic carbocycles. The van der Waals surface area contributed by atoms with Crippen molar-refractivity contribution in [1.82, 2.24) is 16.1 Å². The Labute approximate surface area is 208 Å². The first-order valence-corrected chi connectivity index (χ1v) is 12.1. The third-order valence-corrected chi connectivity index (χ3v) is 5.54. The van der Waals surface area contributed by atoms with Crippen molar-refractivity contribution in [2.45, 2.75) is 73.5 Å². The van der Waals surface area contributed by atoms with Crippen LogP contribution in [0.3, 0.4) is 0 Å². The second kappa shape index (κ2) is 14.5. The summed E-state index contributed by atoms with van der Waals surface area (Å²) in [7, 11) is 0. The van der Waals surface area contributed by atoms with Crippen LogP contribution in [0, 0.1) is 23.2 Å². The SMILES string of the molecule is CC(C)C[C@H](CC(=O)NOCc1ccccc1)C(=O)N[C@H](C(=O)NCCC(C)C(=O)O)C(C)(C)C. The monoisotopic (exact) mass is 491 g/mol. The van der Waals surface area contributed by atoms with Crippen LogP contribution >= 0.6 is 0 Å². The Hall–Kier alpha value is -2.94. The van der Waals surface area contributed by atoms with Gasteiger partial charge in [0.25, 0.3) is 0 Å². The normalized spacial score (nSPS) is 14.0. The van der Waals surface area contributed by atoms with Crippen LogP contribution in [0.5, 0.6) is 0 Å². The zero-order valence-electron chi connectivity index (χ0n) is 21.7. The topological polar surface area (TPSA) is 134 Å². The van der Waals surface area contributed by atoms with E-state index in [-0.39, 0.29) is 43.7 Å². The van der Waals surface area contributed by atoms with E-state index in [1.807, 2.05) is 65.0 Å². The third-order valence-electron chi connectivity index (χ3n) is 5.54. The van der Waals surface area contributed by atoms with E-state index in [4.69, 9.17) is 9.94 Å². The van der Waals surface area contributed by atoms with Crippen LogP contribution < -0.4 is 16.1 Å². The van der Waals surface area contributed by atoms with E-state index in [1.165, 1.54) is 0 Å². The van der Waals surface area contributed by atoms with Crippen molar-refractivity contribution >= 4 is 23.7 Å². The highest BCUT2D eigenvalue weighted by Gasteiger charge is 2.35. The van der Waals surface area contributed by atoms with Crippen LogP contribution in [0.2, 0.25) is 0 Å². The van der Waals surface area contributed by atoms with Gasteiger partial charge in [0.2, 0.25) is 17.7 Å². The molecule has 0 aliphatic rings. The lowest BCUT2D eigenvalue weighted by Gasteiger charge is -2.32. The second-order valence-electron chi connectivity index (χ2n) is 10.5. The molecule has 3 amide bonds. The molecule has 0 saturated carbocycles. The van der Waals surface area contributed by atoms with Gasteiger partial charge in [-0.25, -0.2) is 5.48 Å². The zero-order chi connectivity index (χ0) is 26.6. The first-order chi connectivity index (χ1) is 16.3. The molecule has 0 radical (unpaired) electrons. The average Bonchev–Trinajstić information content (AvgIpc) is 2.76. The lowest BCUT2D eigenvalue weighted by molar-refractivity contribution is -0.142. The summed E-state index contributed by atoms with van der Waals surface area (Å²) >= 11 is 0. The molecule has 0 aliphatic heterocycles. The quantitative estimate of drug-likeness (QED) is 0.296. The van der Waals surface area contributed by atoms with E-state index in [1.54, 1.807) is 6.92 Å². The van der Waals surface area contributed by atoms with Gasteiger partial charge >= 0.3 is 5.97 Å². The zero-order valence-corrected chi connectivity index (χ0v) is 21.7. The van der Waals surface area contributed by atoms with E-state index in [9.17, 15) is 19.2 Å². The van der Waals surface area contributed by atoms with Crippen molar-refractivity contribution in [2.24, 2.45) is 23.2 Å². The van der Waals surface area contributed by atoms with Crippen molar-refractivity contribution in [3.63, 3.8) is 0 Å². The fraction of sp³-hybridized carbons (Fsp3) is 0.615. The Bertz CT molecular complexity index is 835. The van der Waals surface area contributed by atoms with Crippen LogP contribution in [-0.4, -0.2) is 41.4 Å². The number of hydroxylamine groups is 1. The molecule has 0 heterocycles. The highest BCUT2D eigenvalue weighted by molar-refractivity contribution is 5.91. The Kier molecular flexibility index (Phi) is 12.4. The number of carbonyl (C=O) groups is 4. The number of carbonyl (C=O) groups excluding carboxylic acids is 3. The second-order valence-corrected chi connectivity index (χ2v) is 10.5. The number of amides is 3. The van der Waals surface area contributed by atoms with Gasteiger partial charge in [-0.15, -0.1) is 0 Å². The fourth-order valence-electron chi connectivity index (χ4n) is 3.46. The average molecular weight is 492 g/mol. The van der Waals surface area contributed by atoms with Gasteiger partial charge in [-0.3, -0.25) is 24.0 Å². The molecule has 4 N–H and O–H groups in total. The van der Waals surface area contributed by atoms with Gasteiger partial charge in [0.1, 0.15) is 6.04 Å². The maximum absolute atomic E-state index is 13.2. The molecule has 9 heteroatoms. The predicted molar refractivity (Wildman–Crippen MR) is 133 cm³/mol. The van der Waals surface area contributed by atoms with E-state index in [0.29, 0.717) is 6.42 Å². The number of rotatable bonds is 14. The first kappa shape index (κ1) is 30.1. The van der Waals surface area contributed by atoms with Gasteiger partial charge < -0.3 is 15.7 Å². The summed E-state index contributed by atoms with van der Waals surface area (Å²) < 4.78 is 0. The Balaban J connectivity index is 2.74. The molecule has 1 aromatic carbocycles. The van der Waals surface area contributed by atoms with Gasteiger partial charge in [-0.05, 0) is 29.7 Å². The Morgan fingerprint density at radius 1 is 1.00 bits per heavy atom. The van der Waals surface area contributed by atoms with Crippen LogP contribution in [-0.2, 0) is 30.6 Å². The highest BCUT2D eigenvalue weighted by atomic mass is 16.6. The molecule has 196 valence electrons. The highest BCUT2D eigenvalue weighted by Crippen LogP contribution is 2.22. The maximum atomic E-state index is 13.2. The van der Waals surface area contributed by atoms with Crippen LogP contribution in [0.4, 0.5) is 0 Å². The predicted octanol–water partition coefficient (Wildman–Crippen LogP) is 3.04. The summed E-state index contributed by atoms with van der Waals surface area (Å²) in [4.78, 5) is 54.7. The number of benzene rings is 1. The van der Waals surface area contributed by atoms with Crippen molar-refractivity contribution in [2.75, 3.05) is 6.54 Å². The molecule has 1 unspecified atom stereocenters. The summed E-state index contributed by atoms with van der Waals surface area (Å²) in [5.74, 6) is -3.18. The molecule has 35 heavy (non-hydrogen) atoms. The van der Waals surface area contributed by atoms with Gasteiger partial charge in [-0.2, -0.15) is 0 Å². The largest absolute Gasteiger partial charge is 0.481 e. The van der Waals surface area contributed by atoms with Crippen LogP contribution in [0.1, 0.15) is 66.4 Å². The molecule has 9 nitrogen and oxygen atoms in total. The number of aliphatic carboxylic acids is 1. The molecule has 0 bridgehead atoms. The van der Waals surface area contributed by atoms with Crippen molar-refractivity contribution in [1.29, 1.82) is 0 Å². The summed E-state index contributed by atoms with van der Waals surface area (Å²) in [6, 6.07) is 8.54. The van der Waals surface area contributed by atoms with E-state index in [2.05, 4.69) is 16.1 Å². The smallest absolute Gasteiger partial charge is 0.306 e. The standard InChI is InChI=1S/C26H41N3O6/c1-17(2)14-20(15-21(30)29-35-16-19-10-8-7-9-11-19)23(31)28-22(26(4,5)6)24(32)27-13-12-18(3)25(33)34/h7-11,17-18,20,22H,12-16H2,1-6H3,(H,27,32)(H,28,31)(H,29,30)(H,33,34)/t18?,20-,22-/m1/s1. The summed E-state index contributed by atoms with van der Waals surface area (Å²) in [5, 5.41) is 14.6. The molecule has 0 spiro atoms. The van der Waals surface area contributed by atoms with Crippen molar-refractivity contribution < 1.29 is 29.1 Å². The fourth-order valence-corrected chi connectivity index (χ4v) is 3.46. The number of hydrogen-bond acceptors (Lipinski definition) is 5. The molecule has 1 aromatic rings. The van der Waals surface area contributed by atoms with Gasteiger partial charge in [0.05, 0.1) is 12.5 Å². The molecule has 0 saturated heterocycles. The Morgan fingerprint density at radius 2 is 1.63 bits per heavy atom. The lowest BCUT2D eigenvalue weighted by atomic mass is 9.85. The summed E-state index contributed by atoms with van der Waals surface area (Å²) in [6.07, 6.45) is 0.672. The van der Waals surface area contributed by atoms with Crippen LogP contribution in [0.15, 0.2) is 30.3 Å². The van der Waals surface area contributed by atoms with E-state index in [0.717, 1.165) is 5.56 Å². The molecule has 3 atom stereocenters. The van der Waals surface area contributed by atoms with Crippen LogP contribution in [0.25, 0.3) is 0 Å². The lowest BCUT2D eigenvalue weighted by Crippen LogP contribution is -2.55.